The van der Waals surface area contributed by atoms with Gasteiger partial charge in [0.25, 0.3) is 5.91 Å². The average molecular weight is 466 g/mol. The predicted molar refractivity (Wildman–Crippen MR) is 119 cm³/mol. The third kappa shape index (κ3) is 5.72. The summed E-state index contributed by atoms with van der Waals surface area (Å²) >= 11 is 0. The van der Waals surface area contributed by atoms with Crippen molar-refractivity contribution in [1.82, 2.24) is 5.32 Å². The van der Waals surface area contributed by atoms with Gasteiger partial charge in [-0.05, 0) is 41.7 Å². The van der Waals surface area contributed by atoms with Crippen LogP contribution < -0.4 is 16.4 Å². The molecule has 0 aliphatic heterocycles. The van der Waals surface area contributed by atoms with E-state index < -0.39 is 0 Å². The molecule has 0 unspecified atom stereocenters. The number of amides is 1. The van der Waals surface area contributed by atoms with E-state index in [1.165, 1.54) is 11.1 Å². The van der Waals surface area contributed by atoms with Crippen LogP contribution in [0.25, 0.3) is 0 Å². The molecule has 2 aromatic rings. The van der Waals surface area contributed by atoms with Crippen molar-refractivity contribution in [3.05, 3.63) is 64.7 Å². The molecule has 0 atom stereocenters. The minimum Gasteiger partial charge on any atom is -0.370 e. The maximum absolute atomic E-state index is 11.7. The van der Waals surface area contributed by atoms with Gasteiger partial charge in [-0.1, -0.05) is 44.2 Å². The molecule has 2 rings (SSSR count). The molecular weight excluding hydrogens is 439 g/mol. The van der Waals surface area contributed by atoms with E-state index in [0.29, 0.717) is 18.1 Å². The second-order valence-corrected chi connectivity index (χ2v) is 5.76. The number of nitrogens with two attached hydrogens (primary N) is 1. The van der Waals surface area contributed by atoms with Gasteiger partial charge >= 0.3 is 0 Å². The molecule has 0 fully saturated rings. The monoisotopic (exact) mass is 466 g/mol. The Morgan fingerprint density at radius 2 is 1.69 bits per heavy atom. The molecule has 26 heavy (non-hydrogen) atoms. The molecule has 2 aromatic carbocycles. The Bertz CT molecular complexity index is 752. The molecule has 0 aromatic heterocycles. The number of halogens is 1. The Hall–Kier alpha value is -2.09. The number of rotatable bonds is 6. The SMILES string of the molecule is CCc1cccc(CC)c1NC(N)=NCc1cccc(C(=O)NC)c1.I. The third-order valence-electron chi connectivity index (χ3n) is 4.10. The summed E-state index contributed by atoms with van der Waals surface area (Å²) in [6.45, 7) is 4.66. The zero-order valence-electron chi connectivity index (χ0n) is 15.5. The normalized spacial score (nSPS) is 10.8. The van der Waals surface area contributed by atoms with E-state index in [-0.39, 0.29) is 29.9 Å². The van der Waals surface area contributed by atoms with Crippen LogP contribution in [0.15, 0.2) is 47.5 Å². The lowest BCUT2D eigenvalue weighted by molar-refractivity contribution is 0.0963. The van der Waals surface area contributed by atoms with Crippen molar-refractivity contribution >= 4 is 41.5 Å². The number of aliphatic imine (C=N–C) groups is 1. The van der Waals surface area contributed by atoms with Crippen molar-refractivity contribution in [1.29, 1.82) is 0 Å². The first-order valence-corrected chi connectivity index (χ1v) is 8.57. The number of nitrogens with one attached hydrogen (secondary N) is 2. The Morgan fingerprint density at radius 3 is 2.27 bits per heavy atom. The van der Waals surface area contributed by atoms with Crippen molar-refractivity contribution in [2.24, 2.45) is 10.7 Å². The number of benzene rings is 2. The van der Waals surface area contributed by atoms with Gasteiger partial charge in [-0.25, -0.2) is 4.99 Å². The molecular formula is C20H27IN4O. The van der Waals surface area contributed by atoms with Crippen molar-refractivity contribution in [2.45, 2.75) is 33.2 Å². The van der Waals surface area contributed by atoms with Crippen LogP contribution in [0.5, 0.6) is 0 Å². The standard InChI is InChI=1S/C20H26N4O.HI/c1-4-15-9-7-10-16(5-2)18(15)24-20(21)23-13-14-8-6-11-17(12-14)19(25)22-3;/h6-12H,4-5,13H2,1-3H3,(H,22,25)(H3,21,23,24);1H. The molecule has 1 amide bonds. The first kappa shape index (κ1) is 22.0. The Kier molecular flexibility index (Phi) is 9.12. The molecule has 5 nitrogen and oxygen atoms in total. The summed E-state index contributed by atoms with van der Waals surface area (Å²) < 4.78 is 0. The van der Waals surface area contributed by atoms with Crippen molar-refractivity contribution < 1.29 is 4.79 Å². The van der Waals surface area contributed by atoms with Crippen molar-refractivity contribution in [2.75, 3.05) is 12.4 Å². The van der Waals surface area contributed by atoms with Crippen LogP contribution in [0.2, 0.25) is 0 Å². The molecule has 0 aliphatic carbocycles. The van der Waals surface area contributed by atoms with Crippen LogP contribution in [0.1, 0.15) is 40.9 Å². The lowest BCUT2D eigenvalue weighted by atomic mass is 10.0. The molecule has 0 heterocycles. The second-order valence-electron chi connectivity index (χ2n) is 5.76. The van der Waals surface area contributed by atoms with Gasteiger partial charge < -0.3 is 16.4 Å². The summed E-state index contributed by atoms with van der Waals surface area (Å²) in [5.74, 6) is 0.266. The average Bonchev–Trinajstić information content (AvgIpc) is 2.66. The minimum absolute atomic E-state index is 0. The topological polar surface area (TPSA) is 79.5 Å². The van der Waals surface area contributed by atoms with E-state index in [4.69, 9.17) is 5.73 Å². The molecule has 0 spiro atoms. The highest BCUT2D eigenvalue weighted by Gasteiger charge is 2.07. The summed E-state index contributed by atoms with van der Waals surface area (Å²) in [5.41, 5.74) is 11.1. The lowest BCUT2D eigenvalue weighted by Crippen LogP contribution is -2.24. The fourth-order valence-corrected chi connectivity index (χ4v) is 2.70. The Labute approximate surface area is 172 Å². The summed E-state index contributed by atoms with van der Waals surface area (Å²) in [6, 6.07) is 13.6. The van der Waals surface area contributed by atoms with E-state index in [0.717, 1.165) is 24.1 Å². The molecule has 0 radical (unpaired) electrons. The molecule has 0 aliphatic rings. The first-order valence-electron chi connectivity index (χ1n) is 8.57. The van der Waals surface area contributed by atoms with Gasteiger partial charge in [0.15, 0.2) is 5.96 Å². The lowest BCUT2D eigenvalue weighted by Gasteiger charge is -2.14. The van der Waals surface area contributed by atoms with Gasteiger partial charge in [-0.2, -0.15) is 0 Å². The number of anilines is 1. The Morgan fingerprint density at radius 1 is 1.08 bits per heavy atom. The van der Waals surface area contributed by atoms with Gasteiger partial charge in [0.2, 0.25) is 0 Å². The van der Waals surface area contributed by atoms with Gasteiger partial charge in [0.05, 0.1) is 6.54 Å². The Balaban J connectivity index is 0.00000338. The van der Waals surface area contributed by atoms with E-state index in [1.54, 1.807) is 13.1 Å². The van der Waals surface area contributed by atoms with Crippen LogP contribution in [0.4, 0.5) is 5.69 Å². The highest BCUT2D eigenvalue weighted by molar-refractivity contribution is 14.0. The fraction of sp³-hybridized carbons (Fsp3) is 0.300. The minimum atomic E-state index is -0.110. The number of aryl methyl sites for hydroxylation is 2. The van der Waals surface area contributed by atoms with Gasteiger partial charge in [-0.3, -0.25) is 4.79 Å². The van der Waals surface area contributed by atoms with Crippen LogP contribution >= 0.6 is 24.0 Å². The number of guanidine groups is 1. The molecule has 140 valence electrons. The summed E-state index contributed by atoms with van der Waals surface area (Å²) in [5, 5.41) is 5.87. The summed E-state index contributed by atoms with van der Waals surface area (Å²) in [7, 11) is 1.62. The first-order chi connectivity index (χ1) is 12.1. The van der Waals surface area contributed by atoms with Crippen LogP contribution in [0, 0.1) is 0 Å². The highest BCUT2D eigenvalue weighted by Crippen LogP contribution is 2.22. The van der Waals surface area contributed by atoms with Gasteiger partial charge in [0, 0.05) is 18.3 Å². The smallest absolute Gasteiger partial charge is 0.251 e. The summed E-state index contributed by atoms with van der Waals surface area (Å²) in [4.78, 5) is 16.1. The number of hydrogen-bond acceptors (Lipinski definition) is 2. The molecule has 0 bridgehead atoms. The maximum Gasteiger partial charge on any atom is 0.251 e. The fourth-order valence-electron chi connectivity index (χ4n) is 2.70. The number of nitrogens with zero attached hydrogens (tertiary/aromatic N) is 1. The van der Waals surface area contributed by atoms with Gasteiger partial charge in [-0.15, -0.1) is 24.0 Å². The maximum atomic E-state index is 11.7. The molecule has 0 saturated heterocycles. The molecule has 6 heteroatoms. The summed E-state index contributed by atoms with van der Waals surface area (Å²) in [6.07, 6.45) is 1.86. The van der Waals surface area contributed by atoms with E-state index >= 15 is 0 Å². The van der Waals surface area contributed by atoms with Crippen molar-refractivity contribution in [3.8, 4) is 0 Å². The third-order valence-corrected chi connectivity index (χ3v) is 4.10. The van der Waals surface area contributed by atoms with Crippen LogP contribution in [-0.4, -0.2) is 18.9 Å². The largest absolute Gasteiger partial charge is 0.370 e. The van der Waals surface area contributed by atoms with Gasteiger partial charge in [0.1, 0.15) is 0 Å². The highest BCUT2D eigenvalue weighted by atomic mass is 127. The molecule has 4 N–H and O–H groups in total. The van der Waals surface area contributed by atoms with E-state index in [1.807, 2.05) is 18.2 Å². The number of para-hydroxylation sites is 1. The number of carbonyl (C=O) groups excluding carboxylic acids is 1. The molecule has 0 saturated carbocycles. The second kappa shape index (κ2) is 10.8. The van der Waals surface area contributed by atoms with Crippen LogP contribution in [0.3, 0.4) is 0 Å². The van der Waals surface area contributed by atoms with Crippen LogP contribution in [-0.2, 0) is 19.4 Å². The van der Waals surface area contributed by atoms with E-state index in [2.05, 4.69) is 47.7 Å². The predicted octanol–water partition coefficient (Wildman–Crippen LogP) is 3.72. The van der Waals surface area contributed by atoms with E-state index in [9.17, 15) is 4.79 Å². The van der Waals surface area contributed by atoms with Crippen molar-refractivity contribution in [3.63, 3.8) is 0 Å². The zero-order chi connectivity index (χ0) is 18.2. The number of carbonyl (C=O) groups is 1. The number of hydrogen-bond donors (Lipinski definition) is 3. The quantitative estimate of drug-likeness (QED) is 0.345. The zero-order valence-corrected chi connectivity index (χ0v) is 17.8.